The van der Waals surface area contributed by atoms with E-state index < -0.39 is 5.60 Å². The minimum absolute atomic E-state index is 0.0811. The van der Waals surface area contributed by atoms with Crippen LogP contribution >= 0.6 is 0 Å². The van der Waals surface area contributed by atoms with E-state index in [9.17, 15) is 9.90 Å². The normalized spacial score (nSPS) is 11.2. The van der Waals surface area contributed by atoms with E-state index in [4.69, 9.17) is 0 Å². The molecule has 0 saturated carbocycles. The van der Waals surface area contributed by atoms with Crippen LogP contribution in [-0.4, -0.2) is 49.2 Å². The standard InChI is InChI=1S/C14H22N2O2/c1-14(2,18)10-16(5)13(17)11-6-8-12(9-7-11)15(3)4/h6-9,18H,10H2,1-5H3. The van der Waals surface area contributed by atoms with Crippen LogP contribution in [0.1, 0.15) is 24.2 Å². The number of aliphatic hydroxyl groups is 1. The van der Waals surface area contributed by atoms with Crippen LogP contribution < -0.4 is 4.90 Å². The number of rotatable bonds is 4. The first-order chi connectivity index (χ1) is 8.20. The van der Waals surface area contributed by atoms with Gasteiger partial charge < -0.3 is 14.9 Å². The quantitative estimate of drug-likeness (QED) is 0.882. The van der Waals surface area contributed by atoms with Crippen LogP contribution in [0.25, 0.3) is 0 Å². The molecule has 0 saturated heterocycles. The molecule has 0 aliphatic heterocycles. The van der Waals surface area contributed by atoms with Gasteiger partial charge in [-0.1, -0.05) is 0 Å². The van der Waals surface area contributed by atoms with Gasteiger partial charge in [-0.3, -0.25) is 4.79 Å². The van der Waals surface area contributed by atoms with Gasteiger partial charge in [0.15, 0.2) is 0 Å². The number of carbonyl (C=O) groups is 1. The lowest BCUT2D eigenvalue weighted by atomic mass is 10.1. The number of carbonyl (C=O) groups excluding carboxylic acids is 1. The molecule has 4 nitrogen and oxygen atoms in total. The van der Waals surface area contributed by atoms with E-state index in [1.54, 1.807) is 33.0 Å². The number of anilines is 1. The predicted octanol–water partition coefficient (Wildman–Crippen LogP) is 1.60. The molecule has 0 aliphatic rings. The second kappa shape index (κ2) is 5.40. The fraction of sp³-hybridized carbons (Fsp3) is 0.500. The summed E-state index contributed by atoms with van der Waals surface area (Å²) in [5, 5.41) is 9.70. The van der Waals surface area contributed by atoms with Crippen molar-refractivity contribution in [2.45, 2.75) is 19.4 Å². The Morgan fingerprint density at radius 3 is 2.06 bits per heavy atom. The summed E-state index contributed by atoms with van der Waals surface area (Å²) in [6.45, 7) is 3.68. The third-order valence-electron chi connectivity index (χ3n) is 2.60. The molecule has 0 heterocycles. The minimum atomic E-state index is -0.881. The molecule has 1 aromatic rings. The van der Waals surface area contributed by atoms with Crippen molar-refractivity contribution in [1.82, 2.24) is 4.90 Å². The number of hydrogen-bond donors (Lipinski definition) is 1. The second-order valence-electron chi connectivity index (χ2n) is 5.41. The lowest BCUT2D eigenvalue weighted by Gasteiger charge is -2.25. The fourth-order valence-corrected chi connectivity index (χ4v) is 1.77. The van der Waals surface area contributed by atoms with Gasteiger partial charge in [-0.25, -0.2) is 0 Å². The summed E-state index contributed by atoms with van der Waals surface area (Å²) >= 11 is 0. The van der Waals surface area contributed by atoms with Crippen LogP contribution in [0, 0.1) is 0 Å². The lowest BCUT2D eigenvalue weighted by Crippen LogP contribution is -2.39. The zero-order valence-corrected chi connectivity index (χ0v) is 11.8. The average Bonchev–Trinajstić information content (AvgIpc) is 2.26. The van der Waals surface area contributed by atoms with Crippen molar-refractivity contribution in [3.8, 4) is 0 Å². The summed E-state index contributed by atoms with van der Waals surface area (Å²) < 4.78 is 0. The van der Waals surface area contributed by atoms with Crippen LogP contribution in [0.3, 0.4) is 0 Å². The van der Waals surface area contributed by atoms with E-state index in [0.29, 0.717) is 12.1 Å². The molecule has 1 N–H and O–H groups in total. The Hall–Kier alpha value is -1.55. The molecule has 0 bridgehead atoms. The molecular weight excluding hydrogens is 228 g/mol. The van der Waals surface area contributed by atoms with Crippen LogP contribution in [0.2, 0.25) is 0 Å². The summed E-state index contributed by atoms with van der Waals surface area (Å²) in [5.74, 6) is -0.0811. The SMILES string of the molecule is CN(CC(C)(C)O)C(=O)c1ccc(N(C)C)cc1. The maximum Gasteiger partial charge on any atom is 0.253 e. The van der Waals surface area contributed by atoms with Crippen molar-refractivity contribution >= 4 is 11.6 Å². The van der Waals surface area contributed by atoms with Gasteiger partial charge in [0.25, 0.3) is 5.91 Å². The van der Waals surface area contributed by atoms with E-state index in [0.717, 1.165) is 5.69 Å². The molecule has 0 atom stereocenters. The molecule has 1 amide bonds. The van der Waals surface area contributed by atoms with E-state index in [-0.39, 0.29) is 5.91 Å². The molecular formula is C14H22N2O2. The van der Waals surface area contributed by atoms with Crippen molar-refractivity contribution < 1.29 is 9.90 Å². The van der Waals surface area contributed by atoms with Crippen LogP contribution in [-0.2, 0) is 0 Å². The molecule has 0 fully saturated rings. The zero-order valence-electron chi connectivity index (χ0n) is 11.8. The molecule has 0 aromatic heterocycles. The third kappa shape index (κ3) is 4.04. The highest BCUT2D eigenvalue weighted by molar-refractivity contribution is 5.94. The third-order valence-corrected chi connectivity index (χ3v) is 2.60. The minimum Gasteiger partial charge on any atom is -0.389 e. The fourth-order valence-electron chi connectivity index (χ4n) is 1.77. The second-order valence-corrected chi connectivity index (χ2v) is 5.41. The van der Waals surface area contributed by atoms with Gasteiger partial charge in [-0.2, -0.15) is 0 Å². The van der Waals surface area contributed by atoms with Crippen LogP contribution in [0.5, 0.6) is 0 Å². The predicted molar refractivity (Wildman–Crippen MR) is 74.0 cm³/mol. The van der Waals surface area contributed by atoms with Crippen molar-refractivity contribution in [1.29, 1.82) is 0 Å². The van der Waals surface area contributed by atoms with Gasteiger partial charge in [0.2, 0.25) is 0 Å². The first-order valence-corrected chi connectivity index (χ1v) is 5.96. The van der Waals surface area contributed by atoms with Crippen molar-refractivity contribution in [2.75, 3.05) is 32.6 Å². The Kier molecular flexibility index (Phi) is 4.35. The maximum atomic E-state index is 12.1. The Labute approximate surface area is 109 Å². The Morgan fingerprint density at radius 1 is 1.17 bits per heavy atom. The number of hydrogen-bond acceptors (Lipinski definition) is 3. The van der Waals surface area contributed by atoms with E-state index >= 15 is 0 Å². The highest BCUT2D eigenvalue weighted by Gasteiger charge is 2.20. The van der Waals surface area contributed by atoms with Gasteiger partial charge in [-0.05, 0) is 38.1 Å². The molecule has 1 aromatic carbocycles. The van der Waals surface area contributed by atoms with Crippen LogP contribution in [0.15, 0.2) is 24.3 Å². The summed E-state index contributed by atoms with van der Waals surface area (Å²) in [6.07, 6.45) is 0. The zero-order chi connectivity index (χ0) is 13.9. The first-order valence-electron chi connectivity index (χ1n) is 5.96. The Bertz CT molecular complexity index is 405. The molecule has 4 heteroatoms. The van der Waals surface area contributed by atoms with Crippen molar-refractivity contribution in [3.05, 3.63) is 29.8 Å². The molecule has 0 radical (unpaired) electrons. The number of amides is 1. The summed E-state index contributed by atoms with van der Waals surface area (Å²) in [6, 6.07) is 7.42. The average molecular weight is 250 g/mol. The van der Waals surface area contributed by atoms with Crippen molar-refractivity contribution in [3.63, 3.8) is 0 Å². The summed E-state index contributed by atoms with van der Waals surface area (Å²) in [5.41, 5.74) is 0.803. The van der Waals surface area contributed by atoms with Gasteiger partial charge >= 0.3 is 0 Å². The number of likely N-dealkylation sites (N-methyl/N-ethyl adjacent to an activating group) is 1. The van der Waals surface area contributed by atoms with Gasteiger partial charge in [0.1, 0.15) is 0 Å². The largest absolute Gasteiger partial charge is 0.389 e. The number of nitrogens with zero attached hydrogens (tertiary/aromatic N) is 2. The molecule has 0 spiro atoms. The first kappa shape index (κ1) is 14.5. The molecule has 1 rings (SSSR count). The molecule has 0 aliphatic carbocycles. The number of benzene rings is 1. The summed E-state index contributed by atoms with van der Waals surface area (Å²) in [4.78, 5) is 15.6. The highest BCUT2D eigenvalue weighted by atomic mass is 16.3. The maximum absolute atomic E-state index is 12.1. The van der Waals surface area contributed by atoms with E-state index in [2.05, 4.69) is 0 Å². The molecule has 18 heavy (non-hydrogen) atoms. The molecule has 100 valence electrons. The Balaban J connectivity index is 2.78. The monoisotopic (exact) mass is 250 g/mol. The Morgan fingerprint density at radius 2 is 1.67 bits per heavy atom. The van der Waals surface area contributed by atoms with Crippen LogP contribution in [0.4, 0.5) is 5.69 Å². The van der Waals surface area contributed by atoms with Gasteiger partial charge in [0.05, 0.1) is 5.60 Å². The van der Waals surface area contributed by atoms with Crippen molar-refractivity contribution in [2.24, 2.45) is 0 Å². The molecule has 0 unspecified atom stereocenters. The topological polar surface area (TPSA) is 43.8 Å². The van der Waals surface area contributed by atoms with E-state index in [1.165, 1.54) is 4.90 Å². The van der Waals surface area contributed by atoms with E-state index in [1.807, 2.05) is 31.1 Å². The van der Waals surface area contributed by atoms with Gasteiger partial charge in [0, 0.05) is 38.9 Å². The smallest absolute Gasteiger partial charge is 0.253 e. The highest BCUT2D eigenvalue weighted by Crippen LogP contribution is 2.14. The van der Waals surface area contributed by atoms with Gasteiger partial charge in [-0.15, -0.1) is 0 Å². The summed E-state index contributed by atoms with van der Waals surface area (Å²) in [7, 11) is 5.61. The lowest BCUT2D eigenvalue weighted by molar-refractivity contribution is 0.0368.